The summed E-state index contributed by atoms with van der Waals surface area (Å²) in [5.74, 6) is -0.338. The van der Waals surface area contributed by atoms with Crippen molar-refractivity contribution in [2.24, 2.45) is 5.73 Å². The highest BCUT2D eigenvalue weighted by Crippen LogP contribution is 2.20. The van der Waals surface area contributed by atoms with Crippen molar-refractivity contribution in [3.05, 3.63) is 68.9 Å². The molecule has 0 radical (unpaired) electrons. The number of carbonyl (C=O) groups is 2. The highest BCUT2D eigenvalue weighted by atomic mass is 16.2. The van der Waals surface area contributed by atoms with E-state index in [1.165, 1.54) is 0 Å². The number of aromatic amines is 2. The van der Waals surface area contributed by atoms with Crippen LogP contribution in [-0.2, 0) is 19.4 Å². The highest BCUT2D eigenvalue weighted by molar-refractivity contribution is 5.93. The molecule has 3 aromatic rings. The molecule has 0 bridgehead atoms. The summed E-state index contributed by atoms with van der Waals surface area (Å²) in [7, 11) is 0. The molecule has 0 fully saturated rings. The number of nitrogens with zero attached hydrogens (tertiary/aromatic N) is 3. The van der Waals surface area contributed by atoms with Crippen molar-refractivity contribution < 1.29 is 9.59 Å². The molecular formula is C20H20N6O3. The van der Waals surface area contributed by atoms with E-state index in [0.29, 0.717) is 46.9 Å². The number of H-pyrrole nitrogens is 2. The molecular weight excluding hydrogens is 372 g/mol. The van der Waals surface area contributed by atoms with Gasteiger partial charge in [-0.25, -0.2) is 4.98 Å². The van der Waals surface area contributed by atoms with Gasteiger partial charge in [-0.2, -0.15) is 5.10 Å². The van der Waals surface area contributed by atoms with Crippen LogP contribution in [0.15, 0.2) is 35.1 Å². The molecule has 9 nitrogen and oxygen atoms in total. The normalized spacial score (nSPS) is 13.2. The zero-order valence-electron chi connectivity index (χ0n) is 15.9. The second-order valence-electron chi connectivity index (χ2n) is 6.89. The summed E-state index contributed by atoms with van der Waals surface area (Å²) in [5.41, 5.74) is 8.47. The number of primary amides is 1. The van der Waals surface area contributed by atoms with Crippen LogP contribution >= 0.6 is 0 Å². The third-order valence-corrected chi connectivity index (χ3v) is 5.03. The van der Waals surface area contributed by atoms with Crippen molar-refractivity contribution in [1.82, 2.24) is 25.1 Å². The molecule has 1 aliphatic heterocycles. The predicted octanol–water partition coefficient (Wildman–Crippen LogP) is 1.02. The van der Waals surface area contributed by atoms with Gasteiger partial charge in [0.2, 0.25) is 5.91 Å². The number of benzene rings is 1. The first-order chi connectivity index (χ1) is 14.0. The average molecular weight is 392 g/mol. The summed E-state index contributed by atoms with van der Waals surface area (Å²) in [6, 6.07) is 8.25. The number of nitrogens with two attached hydrogens (primary N) is 1. The van der Waals surface area contributed by atoms with Gasteiger partial charge in [0.05, 0.1) is 12.2 Å². The van der Waals surface area contributed by atoms with Crippen LogP contribution in [0.3, 0.4) is 0 Å². The summed E-state index contributed by atoms with van der Waals surface area (Å²) in [5, 5.41) is 6.93. The lowest BCUT2D eigenvalue weighted by molar-refractivity contribution is 0.0725. The molecule has 0 aliphatic carbocycles. The Hall–Kier alpha value is -3.75. The molecule has 148 valence electrons. The fourth-order valence-electron chi connectivity index (χ4n) is 3.36. The number of hydrogen-bond acceptors (Lipinski definition) is 5. The van der Waals surface area contributed by atoms with E-state index in [9.17, 15) is 14.4 Å². The lowest BCUT2D eigenvalue weighted by atomic mass is 10.0. The van der Waals surface area contributed by atoms with Crippen molar-refractivity contribution in [3.63, 3.8) is 0 Å². The Morgan fingerprint density at radius 2 is 2.00 bits per heavy atom. The number of aryl methyl sites for hydroxylation is 1. The van der Waals surface area contributed by atoms with Crippen LogP contribution < -0.4 is 11.3 Å². The van der Waals surface area contributed by atoms with Crippen molar-refractivity contribution in [2.45, 2.75) is 26.3 Å². The topological polar surface area (TPSA) is 138 Å². The fraction of sp³-hybridized carbons (Fsp3) is 0.250. The van der Waals surface area contributed by atoms with Gasteiger partial charge < -0.3 is 15.6 Å². The maximum atomic E-state index is 12.8. The Morgan fingerprint density at radius 1 is 1.24 bits per heavy atom. The molecule has 2 amide bonds. The zero-order chi connectivity index (χ0) is 20.5. The maximum Gasteiger partial charge on any atom is 0.274 e. The van der Waals surface area contributed by atoms with Crippen LogP contribution in [0.25, 0.3) is 11.4 Å². The summed E-state index contributed by atoms with van der Waals surface area (Å²) < 4.78 is 0. The van der Waals surface area contributed by atoms with Gasteiger partial charge in [0.15, 0.2) is 0 Å². The van der Waals surface area contributed by atoms with Crippen LogP contribution in [0.2, 0.25) is 0 Å². The average Bonchev–Trinajstić information content (AvgIpc) is 3.22. The van der Waals surface area contributed by atoms with Crippen molar-refractivity contribution in [2.75, 3.05) is 6.54 Å². The lowest BCUT2D eigenvalue weighted by Crippen LogP contribution is -2.39. The minimum atomic E-state index is -0.526. The van der Waals surface area contributed by atoms with E-state index in [-0.39, 0.29) is 18.0 Å². The largest absolute Gasteiger partial charge is 0.366 e. The standard InChI is InChI=1S/C20H20N6O3/c1-2-13-9-15(25-24-13)20(29)26-8-7-14-16(10-26)22-18(23-19(14)28)12-5-3-11(4-6-12)17(21)27/h3-6,9H,2,7-8,10H2,1H3,(H2,21,27)(H,24,25)(H,22,23,28). The Bertz CT molecular complexity index is 1150. The number of hydrogen-bond donors (Lipinski definition) is 3. The monoisotopic (exact) mass is 392 g/mol. The molecule has 1 aromatic carbocycles. The van der Waals surface area contributed by atoms with Crippen LogP contribution in [-0.4, -0.2) is 43.4 Å². The van der Waals surface area contributed by atoms with E-state index in [2.05, 4.69) is 20.2 Å². The first kappa shape index (κ1) is 18.6. The van der Waals surface area contributed by atoms with Crippen LogP contribution in [0, 0.1) is 0 Å². The summed E-state index contributed by atoms with van der Waals surface area (Å²) in [6.07, 6.45) is 1.19. The van der Waals surface area contributed by atoms with E-state index >= 15 is 0 Å². The molecule has 4 N–H and O–H groups in total. The first-order valence-corrected chi connectivity index (χ1v) is 9.32. The SMILES string of the molecule is CCc1cc(C(=O)N2CCc3c(nc(-c4ccc(C(N)=O)cc4)[nH]c3=O)C2)n[nH]1. The van der Waals surface area contributed by atoms with E-state index in [4.69, 9.17) is 5.73 Å². The molecule has 3 heterocycles. The highest BCUT2D eigenvalue weighted by Gasteiger charge is 2.26. The summed E-state index contributed by atoms with van der Waals surface area (Å²) in [6.45, 7) is 2.64. The molecule has 0 unspecified atom stereocenters. The number of fused-ring (bicyclic) bond motifs is 1. The lowest BCUT2D eigenvalue weighted by Gasteiger charge is -2.27. The third kappa shape index (κ3) is 3.54. The Morgan fingerprint density at radius 3 is 2.66 bits per heavy atom. The molecule has 4 rings (SSSR count). The van der Waals surface area contributed by atoms with Gasteiger partial charge in [0, 0.05) is 28.9 Å². The van der Waals surface area contributed by atoms with Gasteiger partial charge in [0.1, 0.15) is 11.5 Å². The molecule has 0 saturated carbocycles. The Labute approximate surface area is 166 Å². The Kier molecular flexibility index (Phi) is 4.71. The maximum absolute atomic E-state index is 12.8. The number of nitrogens with one attached hydrogen (secondary N) is 2. The van der Waals surface area contributed by atoms with Gasteiger partial charge in [-0.05, 0) is 31.0 Å². The molecule has 1 aliphatic rings. The van der Waals surface area contributed by atoms with Gasteiger partial charge >= 0.3 is 0 Å². The Balaban J connectivity index is 1.62. The zero-order valence-corrected chi connectivity index (χ0v) is 15.9. The second-order valence-corrected chi connectivity index (χ2v) is 6.89. The van der Waals surface area contributed by atoms with E-state index < -0.39 is 5.91 Å². The van der Waals surface area contributed by atoms with Crippen molar-refractivity contribution in [1.29, 1.82) is 0 Å². The van der Waals surface area contributed by atoms with Gasteiger partial charge in [-0.1, -0.05) is 19.1 Å². The van der Waals surface area contributed by atoms with Gasteiger partial charge in [-0.3, -0.25) is 19.5 Å². The minimum absolute atomic E-state index is 0.193. The summed E-state index contributed by atoms with van der Waals surface area (Å²) in [4.78, 5) is 45.5. The van der Waals surface area contributed by atoms with E-state index in [0.717, 1.165) is 12.1 Å². The van der Waals surface area contributed by atoms with Crippen molar-refractivity contribution >= 4 is 11.8 Å². The molecule has 2 aromatic heterocycles. The summed E-state index contributed by atoms with van der Waals surface area (Å²) >= 11 is 0. The van der Waals surface area contributed by atoms with Crippen molar-refractivity contribution in [3.8, 4) is 11.4 Å². The minimum Gasteiger partial charge on any atom is -0.366 e. The number of amides is 2. The van der Waals surface area contributed by atoms with Crippen LogP contribution in [0.5, 0.6) is 0 Å². The number of carbonyl (C=O) groups excluding carboxylic acids is 2. The smallest absolute Gasteiger partial charge is 0.274 e. The first-order valence-electron chi connectivity index (χ1n) is 9.32. The predicted molar refractivity (Wildman–Crippen MR) is 105 cm³/mol. The van der Waals surface area contributed by atoms with E-state index in [1.54, 1.807) is 35.2 Å². The number of aromatic nitrogens is 4. The second kappa shape index (κ2) is 7.34. The number of rotatable bonds is 4. The molecule has 0 atom stereocenters. The van der Waals surface area contributed by atoms with Crippen LogP contribution in [0.4, 0.5) is 0 Å². The van der Waals surface area contributed by atoms with Gasteiger partial charge in [-0.15, -0.1) is 0 Å². The molecule has 0 saturated heterocycles. The molecule has 0 spiro atoms. The fourth-order valence-corrected chi connectivity index (χ4v) is 3.36. The van der Waals surface area contributed by atoms with Gasteiger partial charge in [0.25, 0.3) is 11.5 Å². The van der Waals surface area contributed by atoms with E-state index in [1.807, 2.05) is 6.92 Å². The third-order valence-electron chi connectivity index (χ3n) is 5.03. The quantitative estimate of drug-likeness (QED) is 0.609. The molecule has 9 heteroatoms. The molecule has 29 heavy (non-hydrogen) atoms. The van der Waals surface area contributed by atoms with Crippen LogP contribution in [0.1, 0.15) is 44.7 Å².